The molecule has 3 aliphatic rings. The summed E-state index contributed by atoms with van der Waals surface area (Å²) >= 11 is 0. The third-order valence-electron chi connectivity index (χ3n) is 7.43. The zero-order chi connectivity index (χ0) is 19.6. The molecule has 140 valence electrons. The van der Waals surface area contributed by atoms with Gasteiger partial charge in [-0.15, -0.1) is 0 Å². The number of Topliss-reactive ketones (excluding diaryl/α,β-unsaturated/α-hetero) is 1. The Morgan fingerprint density at radius 2 is 1.10 bits per heavy atom. The van der Waals surface area contributed by atoms with E-state index >= 15 is 0 Å². The lowest BCUT2D eigenvalue weighted by Crippen LogP contribution is -2.41. The van der Waals surface area contributed by atoms with Gasteiger partial charge in [-0.1, -0.05) is 103 Å². The number of fused-ring (bicyclic) bond motifs is 5. The second kappa shape index (κ2) is 5.67. The van der Waals surface area contributed by atoms with Crippen LogP contribution in [0.3, 0.4) is 0 Å². The molecule has 1 fully saturated rings. The van der Waals surface area contributed by atoms with E-state index in [1.807, 2.05) is 18.2 Å². The Labute approximate surface area is 171 Å². The van der Waals surface area contributed by atoms with Crippen LogP contribution in [0.2, 0.25) is 0 Å². The molecular formula is C28H22O. The molecule has 29 heavy (non-hydrogen) atoms. The SMILES string of the molecule is C[C@@]12C(=O)[C@@](c3ccccc3)(C(c3ccccc3)=C1c1ccccc1)[C@@H]1C=C[C@@H]12. The van der Waals surface area contributed by atoms with Gasteiger partial charge in [0, 0.05) is 11.8 Å². The minimum atomic E-state index is -0.609. The number of ketones is 1. The van der Waals surface area contributed by atoms with Crippen LogP contribution >= 0.6 is 0 Å². The van der Waals surface area contributed by atoms with Crippen molar-refractivity contribution >= 4 is 16.9 Å². The van der Waals surface area contributed by atoms with Crippen molar-refractivity contribution in [2.24, 2.45) is 17.3 Å². The van der Waals surface area contributed by atoms with E-state index in [1.165, 1.54) is 16.7 Å². The molecule has 0 unspecified atom stereocenters. The van der Waals surface area contributed by atoms with Crippen LogP contribution in [0, 0.1) is 17.3 Å². The van der Waals surface area contributed by atoms with E-state index in [9.17, 15) is 4.79 Å². The predicted molar refractivity (Wildman–Crippen MR) is 117 cm³/mol. The lowest BCUT2D eigenvalue weighted by atomic mass is 9.56. The molecule has 0 aromatic heterocycles. The Kier molecular flexibility index (Phi) is 3.27. The van der Waals surface area contributed by atoms with Crippen LogP contribution in [0.25, 0.3) is 11.1 Å². The minimum Gasteiger partial charge on any atom is -0.297 e. The average molecular weight is 374 g/mol. The molecule has 0 aliphatic heterocycles. The van der Waals surface area contributed by atoms with Crippen molar-refractivity contribution in [3.8, 4) is 0 Å². The van der Waals surface area contributed by atoms with Gasteiger partial charge in [-0.3, -0.25) is 4.79 Å². The molecule has 1 heteroatoms. The van der Waals surface area contributed by atoms with Crippen molar-refractivity contribution < 1.29 is 4.79 Å². The maximum Gasteiger partial charge on any atom is 0.159 e. The second-order valence-electron chi connectivity index (χ2n) is 8.62. The van der Waals surface area contributed by atoms with Crippen molar-refractivity contribution in [1.29, 1.82) is 0 Å². The van der Waals surface area contributed by atoms with Crippen LogP contribution in [-0.2, 0) is 10.2 Å². The van der Waals surface area contributed by atoms with Gasteiger partial charge in [-0.05, 0) is 34.8 Å². The summed E-state index contributed by atoms with van der Waals surface area (Å²) in [5, 5.41) is 0. The molecule has 3 aromatic carbocycles. The molecule has 3 aromatic rings. The van der Waals surface area contributed by atoms with Crippen LogP contribution in [0.5, 0.6) is 0 Å². The Balaban J connectivity index is 1.77. The molecule has 2 bridgehead atoms. The number of carbonyl (C=O) groups is 1. The molecule has 0 N–H and O–H groups in total. The number of benzene rings is 3. The second-order valence-corrected chi connectivity index (χ2v) is 8.62. The first kappa shape index (κ1) is 16.7. The summed E-state index contributed by atoms with van der Waals surface area (Å²) in [7, 11) is 0. The fraction of sp³-hybridized carbons (Fsp3) is 0.179. The van der Waals surface area contributed by atoms with Gasteiger partial charge in [-0.25, -0.2) is 0 Å². The molecule has 0 heterocycles. The quantitative estimate of drug-likeness (QED) is 0.519. The first-order valence-electron chi connectivity index (χ1n) is 10.3. The lowest BCUT2D eigenvalue weighted by Gasteiger charge is -2.45. The Bertz CT molecular complexity index is 1170. The van der Waals surface area contributed by atoms with Crippen molar-refractivity contribution in [1.82, 2.24) is 0 Å². The summed E-state index contributed by atoms with van der Waals surface area (Å²) in [5.74, 6) is 0.844. The van der Waals surface area contributed by atoms with Gasteiger partial charge in [0.2, 0.25) is 0 Å². The number of hydrogen-bond acceptors (Lipinski definition) is 1. The topological polar surface area (TPSA) is 17.1 Å². The third-order valence-corrected chi connectivity index (χ3v) is 7.43. The molecule has 1 nitrogen and oxygen atoms in total. The molecule has 6 rings (SSSR count). The van der Waals surface area contributed by atoms with Gasteiger partial charge < -0.3 is 0 Å². The highest BCUT2D eigenvalue weighted by molar-refractivity contribution is 6.27. The number of hydrogen-bond donors (Lipinski definition) is 0. The largest absolute Gasteiger partial charge is 0.297 e. The highest BCUT2D eigenvalue weighted by atomic mass is 16.1. The summed E-state index contributed by atoms with van der Waals surface area (Å²) in [6.07, 6.45) is 4.53. The highest BCUT2D eigenvalue weighted by Gasteiger charge is 2.74. The first-order chi connectivity index (χ1) is 14.2. The monoisotopic (exact) mass is 374 g/mol. The van der Waals surface area contributed by atoms with Gasteiger partial charge in [0.25, 0.3) is 0 Å². The van der Waals surface area contributed by atoms with Crippen LogP contribution in [0.15, 0.2) is 103 Å². The van der Waals surface area contributed by atoms with Crippen molar-refractivity contribution in [3.05, 3.63) is 120 Å². The van der Waals surface area contributed by atoms with Gasteiger partial charge >= 0.3 is 0 Å². The normalized spacial score (nSPS) is 31.7. The van der Waals surface area contributed by atoms with E-state index < -0.39 is 10.8 Å². The highest BCUT2D eigenvalue weighted by Crippen LogP contribution is 2.74. The maximum absolute atomic E-state index is 14.4. The van der Waals surface area contributed by atoms with E-state index in [0.29, 0.717) is 5.78 Å². The average Bonchev–Trinajstić information content (AvgIpc) is 3.02. The van der Waals surface area contributed by atoms with Gasteiger partial charge in [0.05, 0.1) is 10.8 Å². The molecule has 0 saturated heterocycles. The smallest absolute Gasteiger partial charge is 0.159 e. The van der Waals surface area contributed by atoms with Gasteiger partial charge in [-0.2, -0.15) is 0 Å². The molecule has 0 radical (unpaired) electrons. The van der Waals surface area contributed by atoms with Crippen LogP contribution in [-0.4, -0.2) is 5.78 Å². The van der Waals surface area contributed by atoms with E-state index in [1.54, 1.807) is 0 Å². The Morgan fingerprint density at radius 3 is 1.62 bits per heavy atom. The molecule has 0 spiro atoms. The van der Waals surface area contributed by atoms with E-state index in [2.05, 4.69) is 91.9 Å². The number of carbonyl (C=O) groups excluding carboxylic acids is 1. The van der Waals surface area contributed by atoms with Gasteiger partial charge in [0.1, 0.15) is 0 Å². The minimum absolute atomic E-state index is 0.227. The maximum atomic E-state index is 14.4. The zero-order valence-corrected chi connectivity index (χ0v) is 16.4. The first-order valence-corrected chi connectivity index (χ1v) is 10.3. The van der Waals surface area contributed by atoms with Crippen molar-refractivity contribution in [2.45, 2.75) is 12.3 Å². The van der Waals surface area contributed by atoms with E-state index in [-0.39, 0.29) is 11.8 Å². The summed E-state index contributed by atoms with van der Waals surface area (Å²) in [6, 6.07) is 31.5. The third kappa shape index (κ3) is 1.84. The molecule has 0 amide bonds. The predicted octanol–water partition coefficient (Wildman–Crippen LogP) is 5.94. The van der Waals surface area contributed by atoms with Gasteiger partial charge in [0.15, 0.2) is 5.78 Å². The fourth-order valence-electron chi connectivity index (χ4n) is 6.22. The molecule has 3 aliphatic carbocycles. The molecule has 4 atom stereocenters. The summed E-state index contributed by atoms with van der Waals surface area (Å²) < 4.78 is 0. The van der Waals surface area contributed by atoms with Crippen molar-refractivity contribution in [2.75, 3.05) is 0 Å². The number of allylic oxidation sites excluding steroid dienone is 4. The van der Waals surface area contributed by atoms with E-state index in [4.69, 9.17) is 0 Å². The van der Waals surface area contributed by atoms with E-state index in [0.717, 1.165) is 11.1 Å². The van der Waals surface area contributed by atoms with Crippen molar-refractivity contribution in [3.63, 3.8) is 0 Å². The van der Waals surface area contributed by atoms with Crippen LogP contribution < -0.4 is 0 Å². The Morgan fingerprint density at radius 1 is 0.621 bits per heavy atom. The number of rotatable bonds is 3. The lowest BCUT2D eigenvalue weighted by molar-refractivity contribution is -0.125. The van der Waals surface area contributed by atoms with Crippen LogP contribution in [0.1, 0.15) is 23.6 Å². The molecule has 1 saturated carbocycles. The Hall–Kier alpha value is -3.19. The standard InChI is InChI=1S/C28H22O/c1-27-22-17-18-23(22)28(26(27)29,21-15-9-4-10-16-21)25(20-13-7-3-8-14-20)24(27)19-11-5-2-6-12-19/h2-18,22-23H,1H3/t22-,23+,27-,28+/m0/s1. The molecular weight excluding hydrogens is 352 g/mol. The summed E-state index contributed by atoms with van der Waals surface area (Å²) in [5.41, 5.74) is 4.75. The van der Waals surface area contributed by atoms with Crippen LogP contribution in [0.4, 0.5) is 0 Å². The zero-order valence-electron chi connectivity index (χ0n) is 16.4. The summed E-state index contributed by atoms with van der Waals surface area (Å²) in [4.78, 5) is 14.4. The fourth-order valence-corrected chi connectivity index (χ4v) is 6.22. The summed E-state index contributed by atoms with van der Waals surface area (Å²) in [6.45, 7) is 2.18.